The first-order valence-corrected chi connectivity index (χ1v) is 7.07. The van der Waals surface area contributed by atoms with Crippen LogP contribution in [0.3, 0.4) is 0 Å². The summed E-state index contributed by atoms with van der Waals surface area (Å²) in [7, 11) is 0. The van der Waals surface area contributed by atoms with Crippen LogP contribution >= 0.6 is 11.3 Å². The minimum absolute atomic E-state index is 0.781. The third kappa shape index (κ3) is 3.85. The molecule has 1 aliphatic carbocycles. The van der Waals surface area contributed by atoms with E-state index in [0.29, 0.717) is 0 Å². The third-order valence-electron chi connectivity index (χ3n) is 3.06. The van der Waals surface area contributed by atoms with Crippen LogP contribution in [-0.4, -0.2) is 24.1 Å². The summed E-state index contributed by atoms with van der Waals surface area (Å²) in [5.74, 6) is 0. The molecule has 1 aromatic rings. The van der Waals surface area contributed by atoms with Crippen LogP contribution in [0, 0.1) is 6.92 Å². The van der Waals surface area contributed by atoms with Crippen molar-refractivity contribution in [3.8, 4) is 0 Å². The van der Waals surface area contributed by atoms with Gasteiger partial charge in [-0.1, -0.05) is 12.8 Å². The summed E-state index contributed by atoms with van der Waals surface area (Å²) in [5, 5.41) is 10.3. The van der Waals surface area contributed by atoms with Crippen LogP contribution < -0.4 is 10.6 Å². The second-order valence-electron chi connectivity index (χ2n) is 4.47. The Balaban J connectivity index is 1.51. The molecule has 0 amide bonds. The van der Waals surface area contributed by atoms with Crippen molar-refractivity contribution in [1.82, 2.24) is 15.6 Å². The van der Waals surface area contributed by atoms with E-state index < -0.39 is 0 Å². The van der Waals surface area contributed by atoms with Crippen molar-refractivity contribution in [2.75, 3.05) is 13.1 Å². The van der Waals surface area contributed by atoms with E-state index in [-0.39, 0.29) is 0 Å². The quantitative estimate of drug-likeness (QED) is 0.746. The minimum atomic E-state index is 0.781. The van der Waals surface area contributed by atoms with Gasteiger partial charge in [0.1, 0.15) is 0 Å². The molecule has 1 saturated carbocycles. The average molecular weight is 239 g/mol. The number of thiazole rings is 1. The summed E-state index contributed by atoms with van der Waals surface area (Å²) in [6, 6.07) is 0.781. The molecular weight excluding hydrogens is 218 g/mol. The molecule has 0 spiro atoms. The molecule has 0 atom stereocenters. The highest BCUT2D eigenvalue weighted by Gasteiger charge is 2.12. The van der Waals surface area contributed by atoms with Crippen LogP contribution in [0.4, 0.5) is 0 Å². The number of nitrogens with one attached hydrogen (secondary N) is 2. The predicted molar refractivity (Wildman–Crippen MR) is 68.8 cm³/mol. The van der Waals surface area contributed by atoms with Crippen molar-refractivity contribution < 1.29 is 0 Å². The summed E-state index contributed by atoms with van der Waals surface area (Å²) in [5.41, 5.74) is 1.17. The van der Waals surface area contributed by atoms with Crippen molar-refractivity contribution in [1.29, 1.82) is 0 Å². The lowest BCUT2D eigenvalue weighted by molar-refractivity contribution is 0.508. The number of aryl methyl sites for hydroxylation is 1. The first kappa shape index (κ1) is 12.0. The maximum absolute atomic E-state index is 4.42. The van der Waals surface area contributed by atoms with Crippen LogP contribution in [0.25, 0.3) is 0 Å². The van der Waals surface area contributed by atoms with Crippen LogP contribution in [-0.2, 0) is 6.54 Å². The van der Waals surface area contributed by atoms with Gasteiger partial charge in [0.2, 0.25) is 0 Å². The van der Waals surface area contributed by atoms with Gasteiger partial charge in [-0.3, -0.25) is 0 Å². The maximum Gasteiger partial charge on any atom is 0.0897 e. The van der Waals surface area contributed by atoms with Gasteiger partial charge in [0.05, 0.1) is 10.7 Å². The van der Waals surface area contributed by atoms with Crippen molar-refractivity contribution in [2.24, 2.45) is 0 Å². The molecule has 4 heteroatoms. The van der Waals surface area contributed by atoms with E-state index >= 15 is 0 Å². The van der Waals surface area contributed by atoms with Crippen LogP contribution in [0.15, 0.2) is 5.38 Å². The molecule has 90 valence electrons. The molecule has 0 aliphatic heterocycles. The lowest BCUT2D eigenvalue weighted by atomic mass is 10.2. The van der Waals surface area contributed by atoms with E-state index in [2.05, 4.69) is 27.9 Å². The lowest BCUT2D eigenvalue weighted by Gasteiger charge is -2.11. The van der Waals surface area contributed by atoms with Crippen molar-refractivity contribution in [2.45, 2.75) is 45.2 Å². The zero-order valence-corrected chi connectivity index (χ0v) is 10.8. The molecule has 16 heavy (non-hydrogen) atoms. The summed E-state index contributed by atoms with van der Waals surface area (Å²) in [4.78, 5) is 4.42. The van der Waals surface area contributed by atoms with Gasteiger partial charge < -0.3 is 10.6 Å². The topological polar surface area (TPSA) is 37.0 Å². The number of aromatic nitrogens is 1. The highest BCUT2D eigenvalue weighted by Crippen LogP contribution is 2.17. The highest BCUT2D eigenvalue weighted by atomic mass is 32.1. The monoisotopic (exact) mass is 239 g/mol. The Morgan fingerprint density at radius 2 is 2.19 bits per heavy atom. The molecular formula is C12H21N3S. The van der Waals surface area contributed by atoms with Gasteiger partial charge in [-0.2, -0.15) is 0 Å². The number of rotatable bonds is 6. The standard InChI is InChI=1S/C12H21N3S/c1-10-15-12(9-16-10)8-13-6-7-14-11-4-2-3-5-11/h9,11,13-14H,2-8H2,1H3. The Hall–Kier alpha value is -0.450. The second-order valence-corrected chi connectivity index (χ2v) is 5.53. The van der Waals surface area contributed by atoms with Gasteiger partial charge in [0.15, 0.2) is 0 Å². The molecule has 3 nitrogen and oxygen atoms in total. The Labute approximate surface area is 102 Å². The SMILES string of the molecule is Cc1nc(CNCCNC2CCCC2)cs1. The normalized spacial score (nSPS) is 17.1. The van der Waals surface area contributed by atoms with E-state index in [1.807, 2.05) is 0 Å². The molecule has 2 N–H and O–H groups in total. The van der Waals surface area contributed by atoms with Gasteiger partial charge in [0, 0.05) is 31.1 Å². The molecule has 2 rings (SSSR count). The summed E-state index contributed by atoms with van der Waals surface area (Å²) < 4.78 is 0. The number of hydrogen-bond acceptors (Lipinski definition) is 4. The summed E-state index contributed by atoms with van der Waals surface area (Å²) >= 11 is 1.72. The summed E-state index contributed by atoms with van der Waals surface area (Å²) in [6.07, 6.45) is 5.54. The first-order chi connectivity index (χ1) is 7.84. The summed E-state index contributed by atoms with van der Waals surface area (Å²) in [6.45, 7) is 5.06. The minimum Gasteiger partial charge on any atom is -0.313 e. The molecule has 0 saturated heterocycles. The van der Waals surface area contributed by atoms with Gasteiger partial charge in [-0.25, -0.2) is 4.98 Å². The fourth-order valence-electron chi connectivity index (χ4n) is 2.20. The zero-order chi connectivity index (χ0) is 11.2. The van der Waals surface area contributed by atoms with E-state index in [1.165, 1.54) is 31.4 Å². The van der Waals surface area contributed by atoms with Crippen LogP contribution in [0.2, 0.25) is 0 Å². The molecule has 0 radical (unpaired) electrons. The van der Waals surface area contributed by atoms with E-state index in [4.69, 9.17) is 0 Å². The molecule has 1 aliphatic rings. The van der Waals surface area contributed by atoms with Gasteiger partial charge in [0.25, 0.3) is 0 Å². The van der Waals surface area contributed by atoms with E-state index in [9.17, 15) is 0 Å². The van der Waals surface area contributed by atoms with Crippen molar-refractivity contribution in [3.05, 3.63) is 16.1 Å². The second kappa shape index (κ2) is 6.33. The fourth-order valence-corrected chi connectivity index (χ4v) is 2.81. The molecule has 0 bridgehead atoms. The zero-order valence-electron chi connectivity index (χ0n) is 9.96. The molecule has 1 fully saturated rings. The third-order valence-corrected chi connectivity index (χ3v) is 3.88. The Kier molecular flexibility index (Phi) is 4.75. The highest BCUT2D eigenvalue weighted by molar-refractivity contribution is 7.09. The van der Waals surface area contributed by atoms with E-state index in [1.54, 1.807) is 11.3 Å². The number of hydrogen-bond donors (Lipinski definition) is 2. The molecule has 0 aromatic carbocycles. The van der Waals surface area contributed by atoms with E-state index in [0.717, 1.165) is 30.7 Å². The molecule has 1 aromatic heterocycles. The fraction of sp³-hybridized carbons (Fsp3) is 0.750. The largest absolute Gasteiger partial charge is 0.313 e. The smallest absolute Gasteiger partial charge is 0.0897 e. The average Bonchev–Trinajstić information content (AvgIpc) is 2.89. The molecule has 0 unspecified atom stereocenters. The van der Waals surface area contributed by atoms with Gasteiger partial charge in [-0.15, -0.1) is 11.3 Å². The van der Waals surface area contributed by atoms with Crippen molar-refractivity contribution in [3.63, 3.8) is 0 Å². The van der Waals surface area contributed by atoms with Crippen LogP contribution in [0.5, 0.6) is 0 Å². The van der Waals surface area contributed by atoms with Crippen LogP contribution in [0.1, 0.15) is 36.4 Å². The Morgan fingerprint density at radius 1 is 1.38 bits per heavy atom. The number of nitrogens with zero attached hydrogens (tertiary/aromatic N) is 1. The van der Waals surface area contributed by atoms with Crippen molar-refractivity contribution >= 4 is 11.3 Å². The Morgan fingerprint density at radius 3 is 2.88 bits per heavy atom. The van der Waals surface area contributed by atoms with Gasteiger partial charge >= 0.3 is 0 Å². The van der Waals surface area contributed by atoms with Gasteiger partial charge in [-0.05, 0) is 19.8 Å². The first-order valence-electron chi connectivity index (χ1n) is 6.20. The lowest BCUT2D eigenvalue weighted by Crippen LogP contribution is -2.33. The Bertz CT molecular complexity index is 305. The predicted octanol–water partition coefficient (Wildman–Crippen LogP) is 2.07. The molecule has 1 heterocycles. The maximum atomic E-state index is 4.42.